The summed E-state index contributed by atoms with van der Waals surface area (Å²) in [6.07, 6.45) is 7.65. The van der Waals surface area contributed by atoms with Crippen LogP contribution in [0.2, 0.25) is 0 Å². The third-order valence-corrected chi connectivity index (χ3v) is 2.58. The number of ketones is 1. The Labute approximate surface area is 78.3 Å². The second kappa shape index (κ2) is 3.36. The molecule has 0 aromatic carbocycles. The van der Waals surface area contributed by atoms with Crippen molar-refractivity contribution in [3.8, 4) is 0 Å². The van der Waals surface area contributed by atoms with E-state index in [4.69, 9.17) is 4.74 Å². The van der Waals surface area contributed by atoms with Gasteiger partial charge in [-0.15, -0.1) is 0 Å². The van der Waals surface area contributed by atoms with Gasteiger partial charge in [0.2, 0.25) is 0 Å². The van der Waals surface area contributed by atoms with E-state index in [9.17, 15) is 4.79 Å². The molecule has 70 valence electrons. The van der Waals surface area contributed by atoms with Gasteiger partial charge in [0.15, 0.2) is 5.78 Å². The van der Waals surface area contributed by atoms with E-state index in [2.05, 4.69) is 6.92 Å². The summed E-state index contributed by atoms with van der Waals surface area (Å²) in [6, 6.07) is 0. The molecule has 1 atom stereocenters. The fraction of sp³-hybridized carbons (Fsp3) is 0.545. The van der Waals surface area contributed by atoms with Crippen LogP contribution in [0.1, 0.15) is 32.6 Å². The molecular weight excluding hydrogens is 164 g/mol. The van der Waals surface area contributed by atoms with Crippen molar-refractivity contribution in [3.63, 3.8) is 0 Å². The highest BCUT2D eigenvalue weighted by atomic mass is 16.5. The SMILES string of the molecule is CCC1C=CC2=C(CCCC2=O)O1. The minimum atomic E-state index is 0.185. The molecule has 0 aromatic heterocycles. The minimum absolute atomic E-state index is 0.185. The summed E-state index contributed by atoms with van der Waals surface area (Å²) in [5.41, 5.74) is 0.816. The van der Waals surface area contributed by atoms with Crippen LogP contribution in [0.4, 0.5) is 0 Å². The summed E-state index contributed by atoms with van der Waals surface area (Å²) < 4.78 is 5.68. The summed E-state index contributed by atoms with van der Waals surface area (Å²) in [4.78, 5) is 11.4. The van der Waals surface area contributed by atoms with Crippen molar-refractivity contribution in [2.24, 2.45) is 0 Å². The molecule has 0 aromatic rings. The van der Waals surface area contributed by atoms with Crippen LogP contribution in [-0.4, -0.2) is 11.9 Å². The van der Waals surface area contributed by atoms with Gasteiger partial charge in [0.1, 0.15) is 11.9 Å². The first-order valence-electron chi connectivity index (χ1n) is 4.92. The molecule has 2 heteroatoms. The Kier molecular flexibility index (Phi) is 2.21. The van der Waals surface area contributed by atoms with Crippen LogP contribution in [-0.2, 0) is 9.53 Å². The van der Waals surface area contributed by atoms with E-state index in [1.54, 1.807) is 0 Å². The maximum absolute atomic E-state index is 11.4. The third kappa shape index (κ3) is 1.53. The lowest BCUT2D eigenvalue weighted by atomic mass is 9.94. The Hall–Kier alpha value is -1.05. The van der Waals surface area contributed by atoms with Gasteiger partial charge in [-0.3, -0.25) is 4.79 Å². The predicted molar refractivity (Wildman–Crippen MR) is 50.2 cm³/mol. The van der Waals surface area contributed by atoms with Crippen LogP contribution in [0.3, 0.4) is 0 Å². The molecule has 0 saturated carbocycles. The smallest absolute Gasteiger partial charge is 0.166 e. The van der Waals surface area contributed by atoms with Gasteiger partial charge in [-0.1, -0.05) is 6.92 Å². The van der Waals surface area contributed by atoms with Crippen molar-refractivity contribution in [2.45, 2.75) is 38.7 Å². The normalized spacial score (nSPS) is 27.2. The summed E-state index contributed by atoms with van der Waals surface area (Å²) in [6.45, 7) is 2.09. The molecule has 0 fully saturated rings. The highest BCUT2D eigenvalue weighted by molar-refractivity contribution is 5.99. The molecule has 0 N–H and O–H groups in total. The maximum Gasteiger partial charge on any atom is 0.166 e. The number of ether oxygens (including phenoxy) is 1. The molecule has 0 saturated heterocycles. The fourth-order valence-corrected chi connectivity index (χ4v) is 1.79. The van der Waals surface area contributed by atoms with Gasteiger partial charge in [0, 0.05) is 12.8 Å². The molecule has 0 amide bonds. The van der Waals surface area contributed by atoms with Crippen LogP contribution >= 0.6 is 0 Å². The molecular formula is C11H14O2. The summed E-state index contributed by atoms with van der Waals surface area (Å²) in [5, 5.41) is 0. The van der Waals surface area contributed by atoms with Crippen LogP contribution < -0.4 is 0 Å². The monoisotopic (exact) mass is 178 g/mol. The Morgan fingerprint density at radius 3 is 3.15 bits per heavy atom. The lowest BCUT2D eigenvalue weighted by molar-refractivity contribution is -0.116. The molecule has 13 heavy (non-hydrogen) atoms. The molecule has 0 bridgehead atoms. The van der Waals surface area contributed by atoms with E-state index in [0.29, 0.717) is 6.42 Å². The molecule has 2 aliphatic rings. The van der Waals surface area contributed by atoms with Crippen LogP contribution in [0.15, 0.2) is 23.5 Å². The second-order valence-corrected chi connectivity index (χ2v) is 3.54. The lowest BCUT2D eigenvalue weighted by Gasteiger charge is -2.25. The summed E-state index contributed by atoms with van der Waals surface area (Å²) in [5.74, 6) is 1.16. The van der Waals surface area contributed by atoms with Crippen molar-refractivity contribution in [1.82, 2.24) is 0 Å². The average molecular weight is 178 g/mol. The zero-order valence-corrected chi connectivity index (χ0v) is 7.88. The quantitative estimate of drug-likeness (QED) is 0.616. The van der Waals surface area contributed by atoms with E-state index < -0.39 is 0 Å². The van der Waals surface area contributed by atoms with Gasteiger partial charge >= 0.3 is 0 Å². The zero-order chi connectivity index (χ0) is 9.26. The van der Waals surface area contributed by atoms with Crippen molar-refractivity contribution >= 4 is 5.78 Å². The lowest BCUT2D eigenvalue weighted by Crippen LogP contribution is -2.20. The van der Waals surface area contributed by atoms with E-state index >= 15 is 0 Å². The maximum atomic E-state index is 11.4. The van der Waals surface area contributed by atoms with Crippen LogP contribution in [0.25, 0.3) is 0 Å². The van der Waals surface area contributed by atoms with Gasteiger partial charge < -0.3 is 4.74 Å². The molecule has 1 aliphatic heterocycles. The molecule has 0 radical (unpaired) electrons. The van der Waals surface area contributed by atoms with Crippen LogP contribution in [0.5, 0.6) is 0 Å². The molecule has 0 spiro atoms. The van der Waals surface area contributed by atoms with Crippen molar-refractivity contribution in [3.05, 3.63) is 23.5 Å². The van der Waals surface area contributed by atoms with Gasteiger partial charge in [-0.05, 0) is 25.0 Å². The number of allylic oxidation sites excluding steroid dienone is 3. The van der Waals surface area contributed by atoms with E-state index in [1.165, 1.54) is 0 Å². The van der Waals surface area contributed by atoms with Crippen molar-refractivity contribution in [1.29, 1.82) is 0 Å². The molecule has 2 nitrogen and oxygen atoms in total. The standard InChI is InChI=1S/C11H14O2/c1-2-8-6-7-9-10(12)4-3-5-11(9)13-8/h6-8H,2-5H2,1H3. The second-order valence-electron chi connectivity index (χ2n) is 3.54. The van der Waals surface area contributed by atoms with Crippen molar-refractivity contribution in [2.75, 3.05) is 0 Å². The number of hydrogen-bond acceptors (Lipinski definition) is 2. The Morgan fingerprint density at radius 1 is 1.54 bits per heavy atom. The number of rotatable bonds is 1. The summed E-state index contributed by atoms with van der Waals surface area (Å²) >= 11 is 0. The Bertz CT molecular complexity index is 286. The topological polar surface area (TPSA) is 26.3 Å². The highest BCUT2D eigenvalue weighted by Gasteiger charge is 2.24. The van der Waals surface area contributed by atoms with Gasteiger partial charge in [-0.2, -0.15) is 0 Å². The third-order valence-electron chi connectivity index (χ3n) is 2.58. The van der Waals surface area contributed by atoms with Crippen molar-refractivity contribution < 1.29 is 9.53 Å². The number of carbonyl (C=O) groups is 1. The van der Waals surface area contributed by atoms with E-state index in [-0.39, 0.29) is 11.9 Å². The Morgan fingerprint density at radius 2 is 2.38 bits per heavy atom. The number of Topliss-reactive ketones (excluding diaryl/α,β-unsaturated/α-hetero) is 1. The first-order chi connectivity index (χ1) is 6.31. The average Bonchev–Trinajstić information content (AvgIpc) is 2.18. The fourth-order valence-electron chi connectivity index (χ4n) is 1.79. The number of hydrogen-bond donors (Lipinski definition) is 0. The first kappa shape index (κ1) is 8.54. The number of carbonyl (C=O) groups excluding carboxylic acids is 1. The van der Waals surface area contributed by atoms with Gasteiger partial charge in [-0.25, -0.2) is 0 Å². The molecule has 1 heterocycles. The molecule has 1 aliphatic carbocycles. The summed E-state index contributed by atoms with van der Waals surface area (Å²) in [7, 11) is 0. The van der Waals surface area contributed by atoms with E-state index in [0.717, 1.165) is 30.6 Å². The van der Waals surface area contributed by atoms with E-state index in [1.807, 2.05) is 12.2 Å². The predicted octanol–water partition coefficient (Wildman–Crippen LogP) is 2.36. The zero-order valence-electron chi connectivity index (χ0n) is 7.88. The first-order valence-corrected chi connectivity index (χ1v) is 4.92. The minimum Gasteiger partial charge on any atom is -0.490 e. The Balaban J connectivity index is 2.23. The highest BCUT2D eigenvalue weighted by Crippen LogP contribution is 2.29. The molecule has 1 unspecified atom stereocenters. The largest absolute Gasteiger partial charge is 0.490 e. The molecule has 2 rings (SSSR count). The van der Waals surface area contributed by atoms with Gasteiger partial charge in [0.05, 0.1) is 5.57 Å². The van der Waals surface area contributed by atoms with Gasteiger partial charge in [0.25, 0.3) is 0 Å². The van der Waals surface area contributed by atoms with Crippen LogP contribution in [0, 0.1) is 0 Å².